The molecule has 14 heteroatoms. The lowest BCUT2D eigenvalue weighted by atomic mass is 10.0. The van der Waals surface area contributed by atoms with E-state index in [1.54, 1.807) is 6.20 Å². The number of nitrogens with two attached hydrogens (primary N) is 1. The minimum Gasteiger partial charge on any atom is -0.475 e. The van der Waals surface area contributed by atoms with Crippen molar-refractivity contribution in [3.05, 3.63) is 67.3 Å². The predicted octanol–water partition coefficient (Wildman–Crippen LogP) is 5.44. The number of H-pyrrole nitrogens is 1. The lowest BCUT2D eigenvalue weighted by Gasteiger charge is -2.22. The number of carbonyl (C=O) groups is 1. The van der Waals surface area contributed by atoms with E-state index in [2.05, 4.69) is 48.6 Å². The van der Waals surface area contributed by atoms with Gasteiger partial charge in [0.2, 0.25) is 5.89 Å². The molecule has 7 rings (SSSR count). The fourth-order valence-corrected chi connectivity index (χ4v) is 4.90. The number of nitrogens with one attached hydrogen (secondary N) is 2. The molecule has 0 saturated carbocycles. The van der Waals surface area contributed by atoms with Crippen LogP contribution in [-0.4, -0.2) is 60.3 Å². The Labute approximate surface area is 241 Å². The molecule has 1 aliphatic rings. The van der Waals surface area contributed by atoms with Crippen molar-refractivity contribution in [1.29, 1.82) is 0 Å². The van der Waals surface area contributed by atoms with Gasteiger partial charge in [-0.15, -0.1) is 0 Å². The SMILES string of the molecule is Nc1ncc(-c2cnn(C3CCNCC3)c2)cc1-c1nc2ccc(-c3ccc4[nH]ncc4c3)cc2o1.O=C(O)C(F)(F)F. The monoisotopic (exact) mass is 590 g/mol. The molecule has 1 saturated heterocycles. The molecule has 0 unspecified atom stereocenters. The summed E-state index contributed by atoms with van der Waals surface area (Å²) in [7, 11) is 0. The standard InChI is InChI=1S/C27H24N8O.C2HF3O2/c28-26-22(10-18(12-30-26)20-14-32-35(15-20)21-5-7-29-8-6-21)27-33-24-4-2-17(11-25(24)36-27)16-1-3-23-19(9-16)13-31-34-23;3-2(4,5)1(6)7/h1-4,9-15,21,29H,5-8H2,(H2,28,30)(H,31,34);(H,6,7). The van der Waals surface area contributed by atoms with Gasteiger partial charge >= 0.3 is 12.1 Å². The van der Waals surface area contributed by atoms with Crippen molar-refractivity contribution in [1.82, 2.24) is 35.3 Å². The van der Waals surface area contributed by atoms with Gasteiger partial charge in [-0.3, -0.25) is 9.78 Å². The van der Waals surface area contributed by atoms with Crippen LogP contribution in [0.3, 0.4) is 0 Å². The zero-order chi connectivity index (χ0) is 30.1. The van der Waals surface area contributed by atoms with E-state index in [9.17, 15) is 13.2 Å². The van der Waals surface area contributed by atoms with Crippen LogP contribution in [0.1, 0.15) is 18.9 Å². The maximum atomic E-state index is 10.6. The number of aromatic nitrogens is 6. The molecule has 43 heavy (non-hydrogen) atoms. The van der Waals surface area contributed by atoms with Crippen molar-refractivity contribution >= 4 is 33.8 Å². The van der Waals surface area contributed by atoms with Crippen LogP contribution in [0, 0.1) is 0 Å². The van der Waals surface area contributed by atoms with E-state index in [1.807, 2.05) is 42.7 Å². The molecule has 0 amide bonds. The van der Waals surface area contributed by atoms with Gasteiger partial charge in [-0.2, -0.15) is 23.4 Å². The number of halogens is 3. The van der Waals surface area contributed by atoms with Gasteiger partial charge in [0, 0.05) is 28.9 Å². The molecule has 11 nitrogen and oxygen atoms in total. The molecule has 220 valence electrons. The number of aromatic amines is 1. The van der Waals surface area contributed by atoms with Crippen molar-refractivity contribution in [2.75, 3.05) is 18.8 Å². The van der Waals surface area contributed by atoms with Crippen LogP contribution < -0.4 is 11.1 Å². The highest BCUT2D eigenvalue weighted by atomic mass is 19.4. The number of hydrogen-bond donors (Lipinski definition) is 4. The first-order valence-corrected chi connectivity index (χ1v) is 13.3. The Balaban J connectivity index is 0.000000423. The van der Waals surface area contributed by atoms with Crippen LogP contribution in [0.15, 0.2) is 71.7 Å². The quantitative estimate of drug-likeness (QED) is 0.210. The van der Waals surface area contributed by atoms with Crippen LogP contribution in [0.25, 0.3) is 55.7 Å². The normalized spacial score (nSPS) is 14.1. The van der Waals surface area contributed by atoms with Gasteiger partial charge < -0.3 is 20.6 Å². The Morgan fingerprint density at radius 1 is 1.00 bits per heavy atom. The molecule has 0 atom stereocenters. The zero-order valence-corrected chi connectivity index (χ0v) is 22.5. The molecule has 4 aromatic heterocycles. The highest BCUT2D eigenvalue weighted by molar-refractivity contribution is 5.88. The molecule has 2 aromatic carbocycles. The van der Waals surface area contributed by atoms with Gasteiger partial charge in [0.25, 0.3) is 0 Å². The van der Waals surface area contributed by atoms with Crippen molar-refractivity contribution in [3.63, 3.8) is 0 Å². The first-order valence-electron chi connectivity index (χ1n) is 13.3. The molecule has 1 fully saturated rings. The van der Waals surface area contributed by atoms with Gasteiger partial charge in [0.1, 0.15) is 11.3 Å². The van der Waals surface area contributed by atoms with Crippen molar-refractivity contribution in [3.8, 4) is 33.7 Å². The Morgan fingerprint density at radius 3 is 2.51 bits per heavy atom. The minimum atomic E-state index is -5.08. The minimum absolute atomic E-state index is 0.377. The summed E-state index contributed by atoms with van der Waals surface area (Å²) in [5.41, 5.74) is 13.4. The van der Waals surface area contributed by atoms with Crippen LogP contribution >= 0.6 is 0 Å². The number of carboxylic acids is 1. The fourth-order valence-electron chi connectivity index (χ4n) is 4.90. The first-order chi connectivity index (χ1) is 20.7. The molecular weight excluding hydrogens is 565 g/mol. The number of rotatable bonds is 4. The third kappa shape index (κ3) is 5.90. The number of anilines is 1. The third-order valence-electron chi connectivity index (χ3n) is 7.17. The second-order valence-electron chi connectivity index (χ2n) is 10.0. The van der Waals surface area contributed by atoms with Crippen LogP contribution in [0.2, 0.25) is 0 Å². The van der Waals surface area contributed by atoms with Crippen molar-refractivity contribution in [2.45, 2.75) is 25.1 Å². The molecule has 0 aliphatic carbocycles. The number of benzene rings is 2. The molecule has 0 bridgehead atoms. The zero-order valence-electron chi connectivity index (χ0n) is 22.5. The Bertz CT molecular complexity index is 1920. The average molecular weight is 591 g/mol. The van der Waals surface area contributed by atoms with Gasteiger partial charge in [-0.1, -0.05) is 12.1 Å². The number of nitrogen functional groups attached to an aromatic ring is 1. The maximum Gasteiger partial charge on any atom is 0.490 e. The van der Waals surface area contributed by atoms with E-state index in [1.165, 1.54) is 0 Å². The number of oxazole rings is 1. The third-order valence-corrected chi connectivity index (χ3v) is 7.17. The lowest BCUT2D eigenvalue weighted by molar-refractivity contribution is -0.192. The van der Waals surface area contributed by atoms with Gasteiger partial charge in [0.15, 0.2) is 5.58 Å². The van der Waals surface area contributed by atoms with Crippen molar-refractivity contribution < 1.29 is 27.5 Å². The molecule has 0 spiro atoms. The second-order valence-corrected chi connectivity index (χ2v) is 10.0. The van der Waals surface area contributed by atoms with Crippen LogP contribution in [0.5, 0.6) is 0 Å². The summed E-state index contributed by atoms with van der Waals surface area (Å²) in [5.74, 6) is -1.93. The highest BCUT2D eigenvalue weighted by Gasteiger charge is 2.38. The first kappa shape index (κ1) is 27.9. The number of piperidine rings is 1. The predicted molar refractivity (Wildman–Crippen MR) is 153 cm³/mol. The largest absolute Gasteiger partial charge is 0.490 e. The van der Waals surface area contributed by atoms with Gasteiger partial charge in [0.05, 0.1) is 29.5 Å². The average Bonchev–Trinajstić information content (AvgIpc) is 3.77. The fraction of sp³-hybridized carbons (Fsp3) is 0.207. The lowest BCUT2D eigenvalue weighted by Crippen LogP contribution is -2.29. The molecule has 6 aromatic rings. The maximum absolute atomic E-state index is 10.6. The van der Waals surface area contributed by atoms with E-state index in [-0.39, 0.29) is 0 Å². The Hall–Kier alpha value is -5.24. The molecule has 0 radical (unpaired) electrons. The second kappa shape index (κ2) is 11.2. The number of carboxylic acid groups (broad SMARTS) is 1. The molecule has 1 aliphatic heterocycles. The number of aliphatic carboxylic acids is 1. The summed E-state index contributed by atoms with van der Waals surface area (Å²) in [4.78, 5) is 18.0. The summed E-state index contributed by atoms with van der Waals surface area (Å²) in [6.45, 7) is 2.04. The van der Waals surface area contributed by atoms with E-state index in [4.69, 9.17) is 25.0 Å². The van der Waals surface area contributed by atoms with E-state index >= 15 is 0 Å². The van der Waals surface area contributed by atoms with Gasteiger partial charge in [-0.25, -0.2) is 14.8 Å². The van der Waals surface area contributed by atoms with E-state index < -0.39 is 12.1 Å². The number of alkyl halides is 3. The Morgan fingerprint density at radius 2 is 1.74 bits per heavy atom. The van der Waals surface area contributed by atoms with Gasteiger partial charge in [-0.05, 0) is 67.4 Å². The molecule has 5 N–H and O–H groups in total. The summed E-state index contributed by atoms with van der Waals surface area (Å²) < 4.78 is 40.0. The molecular formula is C29H25F3N8O3. The Kier molecular flexibility index (Phi) is 7.27. The smallest absolute Gasteiger partial charge is 0.475 e. The summed E-state index contributed by atoms with van der Waals surface area (Å²) >= 11 is 0. The van der Waals surface area contributed by atoms with Crippen LogP contribution in [0.4, 0.5) is 19.0 Å². The highest BCUT2D eigenvalue weighted by Crippen LogP contribution is 2.34. The number of hydrogen-bond acceptors (Lipinski definition) is 8. The summed E-state index contributed by atoms with van der Waals surface area (Å²) in [6, 6.07) is 14.6. The number of pyridine rings is 1. The number of fused-ring (bicyclic) bond motifs is 2. The number of nitrogens with zero attached hydrogens (tertiary/aromatic N) is 5. The van der Waals surface area contributed by atoms with E-state index in [0.717, 1.165) is 64.6 Å². The summed E-state index contributed by atoms with van der Waals surface area (Å²) in [5, 5.41) is 23.3. The van der Waals surface area contributed by atoms with E-state index in [0.29, 0.717) is 28.9 Å². The topological polar surface area (TPSA) is 161 Å². The summed E-state index contributed by atoms with van der Waals surface area (Å²) in [6.07, 6.45) is 4.63. The van der Waals surface area contributed by atoms with Crippen molar-refractivity contribution in [2.24, 2.45) is 0 Å². The molecule has 5 heterocycles. The van der Waals surface area contributed by atoms with Crippen LogP contribution in [-0.2, 0) is 4.79 Å².